The van der Waals surface area contributed by atoms with Crippen molar-refractivity contribution in [1.82, 2.24) is 10.1 Å². The van der Waals surface area contributed by atoms with Crippen LogP contribution in [0.5, 0.6) is 0 Å². The number of aromatic nitrogens is 2. The van der Waals surface area contributed by atoms with Crippen LogP contribution in [0.3, 0.4) is 0 Å². The predicted molar refractivity (Wildman–Crippen MR) is 62.2 cm³/mol. The Bertz CT molecular complexity index is 449. The molecule has 0 unspecified atom stereocenters. The van der Waals surface area contributed by atoms with Gasteiger partial charge in [0.2, 0.25) is 0 Å². The molecule has 3 nitrogen and oxygen atoms in total. The molecule has 0 fully saturated rings. The van der Waals surface area contributed by atoms with E-state index in [2.05, 4.69) is 32.7 Å². The molecular weight excluding hydrogens is 314 g/mol. The van der Waals surface area contributed by atoms with Gasteiger partial charge in [-0.15, -0.1) is 0 Å². The van der Waals surface area contributed by atoms with Crippen LogP contribution < -0.4 is 0 Å². The lowest BCUT2D eigenvalue weighted by atomic mass is 10.2. The zero-order valence-electron chi connectivity index (χ0n) is 7.29. The minimum atomic E-state index is 0.470. The molecule has 14 heavy (non-hydrogen) atoms. The second kappa shape index (κ2) is 3.86. The molecule has 5 heteroatoms. The van der Waals surface area contributed by atoms with E-state index in [0.717, 1.165) is 9.13 Å². The van der Waals surface area contributed by atoms with Crippen LogP contribution in [0.1, 0.15) is 5.82 Å². The Labute approximate surface area is 99.6 Å². The highest BCUT2D eigenvalue weighted by Crippen LogP contribution is 2.30. The highest BCUT2D eigenvalue weighted by Gasteiger charge is 2.13. The minimum absolute atomic E-state index is 0.470. The lowest BCUT2D eigenvalue weighted by molar-refractivity contribution is 0.425. The normalized spacial score (nSPS) is 10.5. The van der Waals surface area contributed by atoms with Gasteiger partial charge in [0, 0.05) is 3.57 Å². The molecule has 72 valence electrons. The van der Waals surface area contributed by atoms with E-state index in [9.17, 15) is 0 Å². The summed E-state index contributed by atoms with van der Waals surface area (Å²) in [5.41, 5.74) is 0.801. The van der Waals surface area contributed by atoms with Crippen molar-refractivity contribution in [2.75, 3.05) is 0 Å². The molecule has 0 radical (unpaired) electrons. The SMILES string of the molecule is Cc1noc(-c2c(Cl)cccc2I)n1. The van der Waals surface area contributed by atoms with Crippen LogP contribution in [0.15, 0.2) is 22.7 Å². The second-order valence-corrected chi connectivity index (χ2v) is 4.31. The van der Waals surface area contributed by atoms with Gasteiger partial charge < -0.3 is 4.52 Å². The smallest absolute Gasteiger partial charge is 0.260 e. The molecule has 2 aromatic rings. The maximum absolute atomic E-state index is 6.04. The molecule has 1 aromatic carbocycles. The van der Waals surface area contributed by atoms with Crippen LogP contribution in [0.4, 0.5) is 0 Å². The Kier molecular flexibility index (Phi) is 2.73. The van der Waals surface area contributed by atoms with Gasteiger partial charge in [-0.05, 0) is 41.6 Å². The van der Waals surface area contributed by atoms with Gasteiger partial charge >= 0.3 is 0 Å². The lowest BCUT2D eigenvalue weighted by Crippen LogP contribution is -1.84. The summed E-state index contributed by atoms with van der Waals surface area (Å²) in [5, 5.41) is 4.35. The van der Waals surface area contributed by atoms with Gasteiger partial charge in [-0.3, -0.25) is 0 Å². The molecular formula is C9H6ClIN2O. The van der Waals surface area contributed by atoms with Crippen molar-refractivity contribution in [1.29, 1.82) is 0 Å². The lowest BCUT2D eigenvalue weighted by Gasteiger charge is -2.00. The fourth-order valence-electron chi connectivity index (χ4n) is 1.10. The fourth-order valence-corrected chi connectivity index (χ4v) is 2.24. The van der Waals surface area contributed by atoms with Gasteiger partial charge in [-0.25, -0.2) is 0 Å². The molecule has 1 heterocycles. The Hall–Kier alpha value is -0.620. The van der Waals surface area contributed by atoms with E-state index in [1.165, 1.54) is 0 Å². The van der Waals surface area contributed by atoms with Gasteiger partial charge in [-0.1, -0.05) is 22.8 Å². The fraction of sp³-hybridized carbons (Fsp3) is 0.111. The van der Waals surface area contributed by atoms with Crippen LogP contribution in [-0.2, 0) is 0 Å². The predicted octanol–water partition coefficient (Wildman–Crippen LogP) is 3.30. The van der Waals surface area contributed by atoms with E-state index < -0.39 is 0 Å². The molecule has 0 spiro atoms. The first kappa shape index (κ1) is 9.92. The summed E-state index contributed by atoms with van der Waals surface area (Å²) in [7, 11) is 0. The number of hydrogen-bond acceptors (Lipinski definition) is 3. The monoisotopic (exact) mass is 320 g/mol. The highest BCUT2D eigenvalue weighted by atomic mass is 127. The van der Waals surface area contributed by atoms with Gasteiger partial charge in [0.1, 0.15) is 0 Å². The van der Waals surface area contributed by atoms with Gasteiger partial charge in [-0.2, -0.15) is 4.98 Å². The van der Waals surface area contributed by atoms with Crippen molar-refractivity contribution < 1.29 is 4.52 Å². The standard InChI is InChI=1S/C9H6ClIN2O/c1-5-12-9(14-13-5)8-6(10)3-2-4-7(8)11/h2-4H,1H3. The zero-order chi connectivity index (χ0) is 10.1. The molecule has 0 saturated carbocycles. The van der Waals surface area contributed by atoms with Crippen molar-refractivity contribution in [3.8, 4) is 11.5 Å². The topological polar surface area (TPSA) is 38.9 Å². The van der Waals surface area contributed by atoms with Gasteiger partial charge in [0.15, 0.2) is 5.82 Å². The molecule has 0 atom stereocenters. The van der Waals surface area contributed by atoms with Crippen LogP contribution in [0.2, 0.25) is 5.02 Å². The summed E-state index contributed by atoms with van der Waals surface area (Å²) in [6.07, 6.45) is 0. The summed E-state index contributed by atoms with van der Waals surface area (Å²) in [4.78, 5) is 4.14. The molecule has 1 aromatic heterocycles. The molecule has 0 N–H and O–H groups in total. The average Bonchev–Trinajstić information content (AvgIpc) is 2.51. The van der Waals surface area contributed by atoms with E-state index in [0.29, 0.717) is 16.7 Å². The van der Waals surface area contributed by atoms with E-state index in [4.69, 9.17) is 16.1 Å². The Balaban J connectivity index is 2.61. The summed E-state index contributed by atoms with van der Waals surface area (Å²) in [6, 6.07) is 5.64. The number of nitrogens with zero attached hydrogens (tertiary/aromatic N) is 2. The summed E-state index contributed by atoms with van der Waals surface area (Å²) < 4.78 is 6.06. The quantitative estimate of drug-likeness (QED) is 0.757. The first-order chi connectivity index (χ1) is 6.68. The van der Waals surface area contributed by atoms with Gasteiger partial charge in [0.05, 0.1) is 10.6 Å². The summed E-state index contributed by atoms with van der Waals surface area (Å²) >= 11 is 8.23. The third-order valence-electron chi connectivity index (χ3n) is 1.70. The maximum atomic E-state index is 6.04. The van der Waals surface area contributed by atoms with Crippen LogP contribution in [0.25, 0.3) is 11.5 Å². The molecule has 0 aliphatic heterocycles. The molecule has 2 rings (SSSR count). The third kappa shape index (κ3) is 1.76. The molecule has 0 aliphatic carbocycles. The maximum Gasteiger partial charge on any atom is 0.260 e. The van der Waals surface area contributed by atoms with Crippen molar-refractivity contribution in [3.63, 3.8) is 0 Å². The number of aryl methyl sites for hydroxylation is 1. The van der Waals surface area contributed by atoms with E-state index in [1.54, 1.807) is 13.0 Å². The average molecular weight is 321 g/mol. The largest absolute Gasteiger partial charge is 0.334 e. The van der Waals surface area contributed by atoms with Crippen LogP contribution >= 0.6 is 34.2 Å². The second-order valence-electron chi connectivity index (χ2n) is 2.74. The number of rotatable bonds is 1. The van der Waals surface area contributed by atoms with Crippen molar-refractivity contribution in [2.24, 2.45) is 0 Å². The number of halogens is 2. The Morgan fingerprint density at radius 2 is 2.21 bits per heavy atom. The molecule has 0 amide bonds. The van der Waals surface area contributed by atoms with E-state index in [1.807, 2.05) is 12.1 Å². The van der Waals surface area contributed by atoms with Crippen LogP contribution in [0, 0.1) is 10.5 Å². The van der Waals surface area contributed by atoms with Crippen molar-refractivity contribution in [3.05, 3.63) is 32.6 Å². The van der Waals surface area contributed by atoms with E-state index in [-0.39, 0.29) is 0 Å². The van der Waals surface area contributed by atoms with Crippen molar-refractivity contribution in [2.45, 2.75) is 6.92 Å². The Morgan fingerprint density at radius 3 is 2.79 bits per heavy atom. The Morgan fingerprint density at radius 1 is 1.43 bits per heavy atom. The molecule has 0 saturated heterocycles. The number of benzene rings is 1. The summed E-state index contributed by atoms with van der Waals surface area (Å²) in [5.74, 6) is 1.08. The van der Waals surface area contributed by atoms with E-state index >= 15 is 0 Å². The third-order valence-corrected chi connectivity index (χ3v) is 2.92. The van der Waals surface area contributed by atoms with Crippen LogP contribution in [-0.4, -0.2) is 10.1 Å². The first-order valence-electron chi connectivity index (χ1n) is 3.93. The van der Waals surface area contributed by atoms with Gasteiger partial charge in [0.25, 0.3) is 5.89 Å². The highest BCUT2D eigenvalue weighted by molar-refractivity contribution is 14.1. The zero-order valence-corrected chi connectivity index (χ0v) is 10.2. The summed E-state index contributed by atoms with van der Waals surface area (Å²) in [6.45, 7) is 1.77. The number of hydrogen-bond donors (Lipinski definition) is 0. The molecule has 0 aliphatic rings. The van der Waals surface area contributed by atoms with Crippen molar-refractivity contribution >= 4 is 34.2 Å². The molecule has 0 bridgehead atoms. The minimum Gasteiger partial charge on any atom is -0.334 e. The first-order valence-corrected chi connectivity index (χ1v) is 5.39.